The number of halogens is 2. The lowest BCUT2D eigenvalue weighted by Crippen LogP contribution is -2.27. The van der Waals surface area contributed by atoms with E-state index in [0.29, 0.717) is 17.3 Å². The number of pyridine rings is 2. The normalized spacial score (nSPS) is 12.8. The van der Waals surface area contributed by atoms with E-state index in [1.54, 1.807) is 19.2 Å². The number of benzene rings is 1. The molecular formula is C29H31ClFN3O2. The van der Waals surface area contributed by atoms with Crippen LogP contribution in [0, 0.1) is 26.7 Å². The summed E-state index contributed by atoms with van der Waals surface area (Å²) < 4.78 is 21.8. The molecule has 0 aliphatic heterocycles. The summed E-state index contributed by atoms with van der Waals surface area (Å²) >= 11 is 6.22. The molecule has 0 aliphatic carbocycles. The van der Waals surface area contributed by atoms with Crippen molar-refractivity contribution in [3.05, 3.63) is 81.6 Å². The summed E-state index contributed by atoms with van der Waals surface area (Å²) in [6.45, 7) is 13.9. The minimum atomic E-state index is -0.781. The number of hydrogen-bond acceptors (Lipinski definition) is 4. The maximum absolute atomic E-state index is 13.4. The molecule has 4 aromatic rings. The fraction of sp³-hybridized carbons (Fsp3) is 0.345. The third-order valence-electron chi connectivity index (χ3n) is 6.35. The van der Waals surface area contributed by atoms with Gasteiger partial charge in [0.1, 0.15) is 11.8 Å². The van der Waals surface area contributed by atoms with Gasteiger partial charge in [0.05, 0.1) is 12.1 Å². The third-order valence-corrected chi connectivity index (χ3v) is 6.60. The number of Topliss-reactive ketones (excluding diaryl/α,β-unsaturated/α-hetero) is 1. The topological polar surface area (TPSA) is 57.0 Å². The van der Waals surface area contributed by atoms with Gasteiger partial charge < -0.3 is 9.30 Å². The number of carbonyl (C=O) groups excluding carboxylic acids is 1. The van der Waals surface area contributed by atoms with Crippen molar-refractivity contribution < 1.29 is 13.9 Å². The second-order valence-corrected chi connectivity index (χ2v) is 10.6. The lowest BCUT2D eigenvalue weighted by atomic mass is 9.90. The van der Waals surface area contributed by atoms with Crippen molar-refractivity contribution in [2.75, 3.05) is 0 Å². The van der Waals surface area contributed by atoms with Crippen molar-refractivity contribution in [2.24, 2.45) is 0 Å². The molecule has 0 unspecified atom stereocenters. The van der Waals surface area contributed by atoms with Gasteiger partial charge in [-0.05, 0) is 83.4 Å². The van der Waals surface area contributed by atoms with Crippen LogP contribution in [0.25, 0.3) is 22.2 Å². The highest BCUT2D eigenvalue weighted by molar-refractivity contribution is 6.30. The molecule has 1 aromatic carbocycles. The molecule has 0 saturated carbocycles. The lowest BCUT2D eigenvalue weighted by molar-refractivity contribution is -0.138. The van der Waals surface area contributed by atoms with Crippen molar-refractivity contribution in [1.82, 2.24) is 14.5 Å². The maximum Gasteiger partial charge on any atom is 0.212 e. The van der Waals surface area contributed by atoms with Crippen LogP contribution in [0.1, 0.15) is 61.9 Å². The number of ether oxygens (including phenoxy) is 1. The van der Waals surface area contributed by atoms with E-state index >= 15 is 0 Å². The summed E-state index contributed by atoms with van der Waals surface area (Å²) in [6, 6.07) is 10.7. The molecule has 0 radical (unpaired) electrons. The average molecular weight is 508 g/mol. The van der Waals surface area contributed by atoms with E-state index < -0.39 is 17.7 Å². The van der Waals surface area contributed by atoms with Gasteiger partial charge in [-0.3, -0.25) is 4.79 Å². The fourth-order valence-corrected chi connectivity index (χ4v) is 4.73. The van der Waals surface area contributed by atoms with Crippen molar-refractivity contribution in [1.29, 1.82) is 0 Å². The van der Waals surface area contributed by atoms with Gasteiger partial charge in [0.25, 0.3) is 0 Å². The Kier molecular flexibility index (Phi) is 7.04. The SMILES string of the molecule is CC(=O)[C@@H](OC(C)(C)C)c1c(C)nc2c(c(C)c(C)n2Cc2ccc(F)nc2)c1-c1ccc(Cl)cc1. The van der Waals surface area contributed by atoms with Crippen LogP contribution in [0.2, 0.25) is 5.02 Å². The van der Waals surface area contributed by atoms with Crippen LogP contribution in [0.5, 0.6) is 0 Å². The Morgan fingerprint density at radius 1 is 1.11 bits per heavy atom. The second-order valence-electron chi connectivity index (χ2n) is 10.2. The van der Waals surface area contributed by atoms with E-state index in [1.807, 2.05) is 58.9 Å². The highest BCUT2D eigenvalue weighted by Gasteiger charge is 2.32. The van der Waals surface area contributed by atoms with Gasteiger partial charge in [0, 0.05) is 39.1 Å². The molecule has 0 amide bonds. The predicted octanol–water partition coefficient (Wildman–Crippen LogP) is 7.31. The van der Waals surface area contributed by atoms with E-state index in [9.17, 15) is 9.18 Å². The first-order valence-corrected chi connectivity index (χ1v) is 12.3. The quantitative estimate of drug-likeness (QED) is 0.257. The molecular weight excluding hydrogens is 477 g/mol. The van der Waals surface area contributed by atoms with E-state index in [-0.39, 0.29) is 5.78 Å². The fourth-order valence-electron chi connectivity index (χ4n) is 4.61. The number of aromatic nitrogens is 3. The minimum absolute atomic E-state index is 0.0874. The summed E-state index contributed by atoms with van der Waals surface area (Å²) in [7, 11) is 0. The Morgan fingerprint density at radius 3 is 2.33 bits per heavy atom. The molecule has 0 fully saturated rings. The molecule has 0 saturated heterocycles. The van der Waals surface area contributed by atoms with Crippen LogP contribution < -0.4 is 0 Å². The van der Waals surface area contributed by atoms with Crippen LogP contribution in [0.15, 0.2) is 42.6 Å². The first-order valence-electron chi connectivity index (χ1n) is 11.9. The van der Waals surface area contributed by atoms with Gasteiger partial charge in [0.2, 0.25) is 5.95 Å². The third kappa shape index (κ3) is 5.06. The molecule has 0 bridgehead atoms. The molecule has 188 valence electrons. The van der Waals surface area contributed by atoms with Crippen LogP contribution in [-0.2, 0) is 16.1 Å². The molecule has 3 aromatic heterocycles. The summed E-state index contributed by atoms with van der Waals surface area (Å²) in [6.07, 6.45) is 0.761. The van der Waals surface area contributed by atoms with Gasteiger partial charge in [-0.25, -0.2) is 9.97 Å². The molecule has 3 heterocycles. The van der Waals surface area contributed by atoms with E-state index in [1.165, 1.54) is 6.07 Å². The Labute approximate surface area is 216 Å². The first-order chi connectivity index (χ1) is 16.9. The van der Waals surface area contributed by atoms with Crippen molar-refractivity contribution >= 4 is 28.4 Å². The lowest BCUT2D eigenvalue weighted by Gasteiger charge is -2.29. The number of ketones is 1. The smallest absolute Gasteiger partial charge is 0.212 e. The van der Waals surface area contributed by atoms with Crippen molar-refractivity contribution in [3.8, 4) is 11.1 Å². The molecule has 0 N–H and O–H groups in total. The summed E-state index contributed by atoms with van der Waals surface area (Å²) in [5, 5.41) is 1.58. The van der Waals surface area contributed by atoms with Crippen molar-refractivity contribution in [2.45, 2.75) is 66.7 Å². The molecule has 0 spiro atoms. The van der Waals surface area contributed by atoms with E-state index in [4.69, 9.17) is 21.3 Å². The zero-order chi connectivity index (χ0) is 26.4. The van der Waals surface area contributed by atoms with Gasteiger partial charge in [-0.15, -0.1) is 0 Å². The summed E-state index contributed by atoms with van der Waals surface area (Å²) in [5.41, 5.74) is 6.52. The monoisotopic (exact) mass is 507 g/mol. The maximum atomic E-state index is 13.4. The predicted molar refractivity (Wildman–Crippen MR) is 142 cm³/mol. The van der Waals surface area contributed by atoms with Crippen LogP contribution in [0.4, 0.5) is 4.39 Å². The Morgan fingerprint density at radius 2 is 1.78 bits per heavy atom. The summed E-state index contributed by atoms with van der Waals surface area (Å²) in [4.78, 5) is 21.8. The van der Waals surface area contributed by atoms with Crippen LogP contribution >= 0.6 is 11.6 Å². The summed E-state index contributed by atoms with van der Waals surface area (Å²) in [5.74, 6) is -0.600. The van der Waals surface area contributed by atoms with Gasteiger partial charge in [-0.2, -0.15) is 4.39 Å². The number of aryl methyl sites for hydroxylation is 2. The molecule has 5 nitrogen and oxygen atoms in total. The zero-order valence-corrected chi connectivity index (χ0v) is 22.5. The van der Waals surface area contributed by atoms with E-state index in [0.717, 1.165) is 44.5 Å². The number of fused-ring (bicyclic) bond motifs is 1. The molecule has 7 heteroatoms. The number of hydrogen-bond donors (Lipinski definition) is 0. The Hall–Kier alpha value is -3.09. The van der Waals surface area contributed by atoms with Gasteiger partial charge in [-0.1, -0.05) is 29.8 Å². The standard InChI is InChI=1S/C29H31ClFN3O2/c1-16-18(3)34(15-20-8-13-23(31)32-14-20)28-24(16)26(21-9-11-22(30)12-10-21)25(17(2)33-28)27(19(4)35)36-29(5,6)7/h8-14,27H,15H2,1-7H3/t27-/m1/s1. The molecule has 4 rings (SSSR count). The van der Waals surface area contributed by atoms with E-state index in [2.05, 4.69) is 16.5 Å². The minimum Gasteiger partial charge on any atom is -0.360 e. The highest BCUT2D eigenvalue weighted by Crippen LogP contribution is 2.42. The largest absolute Gasteiger partial charge is 0.360 e. The molecule has 0 aliphatic rings. The van der Waals surface area contributed by atoms with Gasteiger partial charge >= 0.3 is 0 Å². The first kappa shape index (κ1) is 26.0. The number of carbonyl (C=O) groups is 1. The number of nitrogens with zero attached hydrogens (tertiary/aromatic N) is 3. The Bertz CT molecular complexity index is 1440. The zero-order valence-electron chi connectivity index (χ0n) is 21.7. The van der Waals surface area contributed by atoms with Crippen molar-refractivity contribution in [3.63, 3.8) is 0 Å². The average Bonchev–Trinajstić information content (AvgIpc) is 3.02. The molecule has 36 heavy (non-hydrogen) atoms. The number of rotatable bonds is 6. The van der Waals surface area contributed by atoms with Gasteiger partial charge in [0.15, 0.2) is 5.78 Å². The van der Waals surface area contributed by atoms with Crippen LogP contribution in [-0.4, -0.2) is 25.9 Å². The second kappa shape index (κ2) is 9.75. The highest BCUT2D eigenvalue weighted by atomic mass is 35.5. The molecule has 1 atom stereocenters. The Balaban J connectivity index is 2.06. The van der Waals surface area contributed by atoms with Crippen LogP contribution in [0.3, 0.4) is 0 Å².